The van der Waals surface area contributed by atoms with Crippen LogP contribution >= 0.6 is 0 Å². The zero-order valence-electron chi connectivity index (χ0n) is 12.2. The Labute approximate surface area is 128 Å². The summed E-state index contributed by atoms with van der Waals surface area (Å²) in [6.07, 6.45) is 2.72. The first-order valence-corrected chi connectivity index (χ1v) is 7.09. The topological polar surface area (TPSA) is 66.0 Å². The Kier molecular flexibility index (Phi) is 3.74. The van der Waals surface area contributed by atoms with Crippen LogP contribution in [0.5, 0.6) is 0 Å². The van der Waals surface area contributed by atoms with E-state index < -0.39 is 5.97 Å². The van der Waals surface area contributed by atoms with Crippen LogP contribution in [0.2, 0.25) is 0 Å². The molecule has 1 heterocycles. The third kappa shape index (κ3) is 2.91. The number of benzene rings is 2. The van der Waals surface area contributed by atoms with E-state index in [4.69, 9.17) is 5.11 Å². The summed E-state index contributed by atoms with van der Waals surface area (Å²) in [4.78, 5) is 18.5. The maximum Gasteiger partial charge on any atom is 0.328 e. The van der Waals surface area contributed by atoms with E-state index in [0.717, 1.165) is 34.1 Å². The Hall–Kier alpha value is -2.88. The number of hydrogen-bond acceptors (Lipinski definition) is 2. The maximum atomic E-state index is 10.5. The first-order chi connectivity index (χ1) is 10.6. The molecule has 0 aliphatic carbocycles. The lowest BCUT2D eigenvalue weighted by molar-refractivity contribution is -0.131. The highest BCUT2D eigenvalue weighted by Gasteiger charge is 2.12. The summed E-state index contributed by atoms with van der Waals surface area (Å²) in [7, 11) is 0. The smallest absolute Gasteiger partial charge is 0.328 e. The quantitative estimate of drug-likeness (QED) is 0.718. The number of rotatable bonds is 4. The Bertz CT molecular complexity index is 799. The van der Waals surface area contributed by atoms with Crippen molar-refractivity contribution in [2.45, 2.75) is 12.8 Å². The number of aliphatic carboxylic acids is 1. The lowest BCUT2D eigenvalue weighted by Crippen LogP contribution is -1.98. The second-order valence-electron chi connectivity index (χ2n) is 5.20. The first-order valence-electron chi connectivity index (χ1n) is 7.09. The molecule has 1 aromatic heterocycles. The average molecular weight is 292 g/mol. The zero-order valence-corrected chi connectivity index (χ0v) is 12.2. The van der Waals surface area contributed by atoms with Gasteiger partial charge < -0.3 is 10.1 Å². The summed E-state index contributed by atoms with van der Waals surface area (Å²) in [5, 5.41) is 8.64. The minimum Gasteiger partial charge on any atom is -0.478 e. The minimum atomic E-state index is -0.945. The van der Waals surface area contributed by atoms with Gasteiger partial charge in [-0.25, -0.2) is 9.78 Å². The number of carboxylic acids is 1. The molecule has 1 atom stereocenters. The molecule has 0 fully saturated rings. The van der Waals surface area contributed by atoms with Gasteiger partial charge in [-0.3, -0.25) is 0 Å². The van der Waals surface area contributed by atoms with Crippen LogP contribution in [-0.2, 0) is 4.79 Å². The van der Waals surface area contributed by atoms with Gasteiger partial charge in [-0.05, 0) is 29.3 Å². The van der Waals surface area contributed by atoms with Gasteiger partial charge in [0.25, 0.3) is 0 Å². The summed E-state index contributed by atoms with van der Waals surface area (Å²) in [6.45, 7) is 2.10. The van der Waals surface area contributed by atoms with Crippen molar-refractivity contribution in [3.63, 3.8) is 0 Å². The Morgan fingerprint density at radius 3 is 2.59 bits per heavy atom. The van der Waals surface area contributed by atoms with Gasteiger partial charge >= 0.3 is 5.97 Å². The molecular weight excluding hydrogens is 276 g/mol. The number of para-hydroxylation sites is 2. The molecular formula is C18H16N2O2. The molecule has 0 saturated carbocycles. The molecule has 22 heavy (non-hydrogen) atoms. The molecule has 0 aliphatic rings. The van der Waals surface area contributed by atoms with Crippen molar-refractivity contribution in [1.29, 1.82) is 0 Å². The van der Waals surface area contributed by atoms with E-state index in [1.165, 1.54) is 0 Å². The SMILES string of the molecule is C[C@H](c1ccc(/C=C/C(=O)O)cc1)c1nc2ccccc2[nH]1. The largest absolute Gasteiger partial charge is 0.478 e. The normalized spacial score (nSPS) is 12.8. The molecule has 0 radical (unpaired) electrons. The number of carbonyl (C=O) groups is 1. The fourth-order valence-electron chi connectivity index (χ4n) is 2.40. The molecule has 4 heteroatoms. The van der Waals surface area contributed by atoms with Crippen molar-refractivity contribution < 1.29 is 9.90 Å². The molecule has 2 aromatic carbocycles. The summed E-state index contributed by atoms with van der Waals surface area (Å²) in [6, 6.07) is 15.8. The number of H-pyrrole nitrogens is 1. The van der Waals surface area contributed by atoms with E-state index in [9.17, 15) is 4.79 Å². The van der Waals surface area contributed by atoms with Crippen LogP contribution < -0.4 is 0 Å². The van der Waals surface area contributed by atoms with E-state index in [-0.39, 0.29) is 5.92 Å². The molecule has 0 saturated heterocycles. The highest BCUT2D eigenvalue weighted by molar-refractivity contribution is 5.85. The molecule has 110 valence electrons. The molecule has 3 rings (SSSR count). The number of aromatic amines is 1. The lowest BCUT2D eigenvalue weighted by Gasteiger charge is -2.09. The van der Waals surface area contributed by atoms with E-state index in [1.54, 1.807) is 6.08 Å². The number of imidazole rings is 1. The highest BCUT2D eigenvalue weighted by atomic mass is 16.4. The second-order valence-corrected chi connectivity index (χ2v) is 5.20. The van der Waals surface area contributed by atoms with Crippen LogP contribution in [0, 0.1) is 0 Å². The van der Waals surface area contributed by atoms with E-state index >= 15 is 0 Å². The van der Waals surface area contributed by atoms with Crippen LogP contribution in [0.3, 0.4) is 0 Å². The molecule has 0 amide bonds. The van der Waals surface area contributed by atoms with Crippen LogP contribution in [0.15, 0.2) is 54.6 Å². The van der Waals surface area contributed by atoms with Gasteiger partial charge in [0.2, 0.25) is 0 Å². The fraction of sp³-hybridized carbons (Fsp3) is 0.111. The average Bonchev–Trinajstić information content (AvgIpc) is 2.96. The van der Waals surface area contributed by atoms with Gasteiger partial charge in [-0.1, -0.05) is 43.3 Å². The highest BCUT2D eigenvalue weighted by Crippen LogP contribution is 2.24. The van der Waals surface area contributed by atoms with Gasteiger partial charge in [-0.15, -0.1) is 0 Å². The maximum absolute atomic E-state index is 10.5. The van der Waals surface area contributed by atoms with E-state index in [1.807, 2.05) is 48.5 Å². The number of aromatic nitrogens is 2. The fourth-order valence-corrected chi connectivity index (χ4v) is 2.40. The van der Waals surface area contributed by atoms with Gasteiger partial charge in [0.05, 0.1) is 11.0 Å². The van der Waals surface area contributed by atoms with Crippen LogP contribution in [0.4, 0.5) is 0 Å². The van der Waals surface area contributed by atoms with Crippen molar-refractivity contribution in [3.05, 3.63) is 71.6 Å². The van der Waals surface area contributed by atoms with Crippen molar-refractivity contribution in [1.82, 2.24) is 9.97 Å². The van der Waals surface area contributed by atoms with E-state index in [2.05, 4.69) is 16.9 Å². The van der Waals surface area contributed by atoms with Crippen LogP contribution in [0.1, 0.15) is 29.8 Å². The predicted octanol–water partition coefficient (Wildman–Crippen LogP) is 3.81. The van der Waals surface area contributed by atoms with Crippen molar-refractivity contribution in [2.75, 3.05) is 0 Å². The lowest BCUT2D eigenvalue weighted by atomic mass is 9.99. The molecule has 3 aromatic rings. The summed E-state index contributed by atoms with van der Waals surface area (Å²) < 4.78 is 0. The van der Waals surface area contributed by atoms with Crippen molar-refractivity contribution in [3.8, 4) is 0 Å². The summed E-state index contributed by atoms with van der Waals surface area (Å²) in [5.41, 5.74) is 3.99. The molecule has 0 bridgehead atoms. The van der Waals surface area contributed by atoms with Gasteiger partial charge in [-0.2, -0.15) is 0 Å². The monoisotopic (exact) mass is 292 g/mol. The van der Waals surface area contributed by atoms with Crippen LogP contribution in [0.25, 0.3) is 17.1 Å². The van der Waals surface area contributed by atoms with Crippen LogP contribution in [-0.4, -0.2) is 21.0 Å². The Morgan fingerprint density at radius 2 is 1.91 bits per heavy atom. The number of nitrogens with one attached hydrogen (secondary N) is 1. The third-order valence-corrected chi connectivity index (χ3v) is 3.67. The number of nitrogens with zero attached hydrogens (tertiary/aromatic N) is 1. The van der Waals surface area contributed by atoms with Crippen molar-refractivity contribution in [2.24, 2.45) is 0 Å². The molecule has 0 spiro atoms. The molecule has 0 unspecified atom stereocenters. The molecule has 4 nitrogen and oxygen atoms in total. The third-order valence-electron chi connectivity index (χ3n) is 3.67. The van der Waals surface area contributed by atoms with Gasteiger partial charge in [0.1, 0.15) is 5.82 Å². The number of carboxylic acid groups (broad SMARTS) is 1. The Morgan fingerprint density at radius 1 is 1.18 bits per heavy atom. The standard InChI is InChI=1S/C18H16N2O2/c1-12(18-19-15-4-2-3-5-16(15)20-18)14-9-6-13(7-10-14)8-11-17(21)22/h2-12H,1H3,(H,19,20)(H,21,22)/b11-8+/t12-/m1/s1. The van der Waals surface area contributed by atoms with Gasteiger partial charge in [0, 0.05) is 12.0 Å². The first kappa shape index (κ1) is 14.1. The minimum absolute atomic E-state index is 0.143. The molecule has 0 aliphatic heterocycles. The molecule has 2 N–H and O–H groups in total. The predicted molar refractivity (Wildman–Crippen MR) is 86.7 cm³/mol. The number of hydrogen-bond donors (Lipinski definition) is 2. The zero-order chi connectivity index (χ0) is 15.5. The number of fused-ring (bicyclic) bond motifs is 1. The Balaban J connectivity index is 1.85. The van der Waals surface area contributed by atoms with E-state index in [0.29, 0.717) is 0 Å². The van der Waals surface area contributed by atoms with Crippen molar-refractivity contribution >= 4 is 23.1 Å². The summed E-state index contributed by atoms with van der Waals surface area (Å²) >= 11 is 0. The second kappa shape index (κ2) is 5.85. The summed E-state index contributed by atoms with van der Waals surface area (Å²) in [5.74, 6) is 0.125. The van der Waals surface area contributed by atoms with Gasteiger partial charge in [0.15, 0.2) is 0 Å².